The van der Waals surface area contributed by atoms with Gasteiger partial charge in [0.05, 0.1) is 0 Å². The van der Waals surface area contributed by atoms with Crippen LogP contribution in [-0.4, -0.2) is 11.6 Å². The van der Waals surface area contributed by atoms with Gasteiger partial charge in [-0.25, -0.2) is 0 Å². The molecule has 0 radical (unpaired) electrons. The van der Waals surface area contributed by atoms with Gasteiger partial charge in [0.15, 0.2) is 11.6 Å². The molecule has 0 heterocycles. The highest BCUT2D eigenvalue weighted by Gasteiger charge is 2.17. The first kappa shape index (κ1) is 10.9. The highest BCUT2D eigenvalue weighted by atomic mass is 16.1. The summed E-state index contributed by atoms with van der Waals surface area (Å²) in [6, 6.07) is 0. The molecule has 0 aromatic carbocycles. The van der Waals surface area contributed by atoms with Crippen LogP contribution in [0.5, 0.6) is 0 Å². The Hall–Kier alpha value is -1.18. The summed E-state index contributed by atoms with van der Waals surface area (Å²) in [6.45, 7) is 3.69. The predicted molar refractivity (Wildman–Crippen MR) is 56.0 cm³/mol. The number of hydrogen-bond acceptors (Lipinski definition) is 2. The van der Waals surface area contributed by atoms with Crippen LogP contribution >= 0.6 is 0 Å². The van der Waals surface area contributed by atoms with Gasteiger partial charge in [-0.15, -0.1) is 0 Å². The van der Waals surface area contributed by atoms with Crippen molar-refractivity contribution in [3.63, 3.8) is 0 Å². The van der Waals surface area contributed by atoms with Gasteiger partial charge in [-0.2, -0.15) is 0 Å². The second kappa shape index (κ2) is 4.89. The SMILES string of the molecule is CCC(=O)C=C1CCC1=CC(=O)CC. The molecule has 76 valence electrons. The van der Waals surface area contributed by atoms with E-state index in [0.29, 0.717) is 12.8 Å². The van der Waals surface area contributed by atoms with Crippen molar-refractivity contribution >= 4 is 11.6 Å². The van der Waals surface area contributed by atoms with Crippen LogP contribution in [0.2, 0.25) is 0 Å². The Bertz CT molecular complexity index is 276. The molecule has 1 saturated carbocycles. The van der Waals surface area contributed by atoms with Gasteiger partial charge in [0.2, 0.25) is 0 Å². The summed E-state index contributed by atoms with van der Waals surface area (Å²) in [5.41, 5.74) is 2.11. The summed E-state index contributed by atoms with van der Waals surface area (Å²) in [5.74, 6) is 0.295. The second-order valence-electron chi connectivity index (χ2n) is 3.48. The van der Waals surface area contributed by atoms with Crippen molar-refractivity contribution in [3.8, 4) is 0 Å². The minimum atomic E-state index is 0.148. The fourth-order valence-corrected chi connectivity index (χ4v) is 1.34. The van der Waals surface area contributed by atoms with E-state index in [4.69, 9.17) is 0 Å². The van der Waals surface area contributed by atoms with Crippen LogP contribution < -0.4 is 0 Å². The van der Waals surface area contributed by atoms with Crippen molar-refractivity contribution in [2.75, 3.05) is 0 Å². The van der Waals surface area contributed by atoms with Crippen molar-refractivity contribution in [2.45, 2.75) is 39.5 Å². The van der Waals surface area contributed by atoms with Gasteiger partial charge in [0, 0.05) is 12.8 Å². The lowest BCUT2D eigenvalue weighted by atomic mass is 9.83. The highest BCUT2D eigenvalue weighted by Crippen LogP contribution is 2.32. The van der Waals surface area contributed by atoms with Crippen molar-refractivity contribution < 1.29 is 9.59 Å². The van der Waals surface area contributed by atoms with E-state index in [0.717, 1.165) is 24.0 Å². The van der Waals surface area contributed by atoms with E-state index < -0.39 is 0 Å². The van der Waals surface area contributed by atoms with Crippen molar-refractivity contribution in [3.05, 3.63) is 23.3 Å². The smallest absolute Gasteiger partial charge is 0.155 e. The third kappa shape index (κ3) is 2.66. The van der Waals surface area contributed by atoms with E-state index in [1.54, 1.807) is 12.2 Å². The summed E-state index contributed by atoms with van der Waals surface area (Å²) < 4.78 is 0. The molecule has 0 aliphatic heterocycles. The molecule has 0 saturated heterocycles. The Labute approximate surface area is 84.7 Å². The summed E-state index contributed by atoms with van der Waals surface area (Å²) in [4.78, 5) is 22.3. The second-order valence-corrected chi connectivity index (χ2v) is 3.48. The van der Waals surface area contributed by atoms with Crippen molar-refractivity contribution in [1.29, 1.82) is 0 Å². The Morgan fingerprint density at radius 2 is 1.36 bits per heavy atom. The molecule has 1 rings (SSSR count). The minimum Gasteiger partial charge on any atom is -0.295 e. The largest absolute Gasteiger partial charge is 0.295 e. The first-order valence-corrected chi connectivity index (χ1v) is 5.14. The van der Waals surface area contributed by atoms with E-state index in [1.807, 2.05) is 13.8 Å². The van der Waals surface area contributed by atoms with E-state index in [-0.39, 0.29) is 11.6 Å². The molecule has 1 fully saturated rings. The maximum atomic E-state index is 11.1. The van der Waals surface area contributed by atoms with E-state index in [1.165, 1.54) is 0 Å². The van der Waals surface area contributed by atoms with E-state index in [9.17, 15) is 9.59 Å². The third-order valence-corrected chi connectivity index (χ3v) is 2.44. The van der Waals surface area contributed by atoms with Gasteiger partial charge in [0.1, 0.15) is 0 Å². The summed E-state index contributed by atoms with van der Waals surface area (Å²) in [5, 5.41) is 0. The molecule has 2 heteroatoms. The zero-order valence-corrected chi connectivity index (χ0v) is 8.80. The van der Waals surface area contributed by atoms with Crippen LogP contribution in [0.15, 0.2) is 23.3 Å². The van der Waals surface area contributed by atoms with Gasteiger partial charge in [-0.1, -0.05) is 13.8 Å². The molecule has 0 spiro atoms. The van der Waals surface area contributed by atoms with Gasteiger partial charge < -0.3 is 0 Å². The normalized spacial score (nSPS) is 21.0. The zero-order valence-electron chi connectivity index (χ0n) is 8.80. The molecule has 0 amide bonds. The van der Waals surface area contributed by atoms with E-state index >= 15 is 0 Å². The molecule has 0 bridgehead atoms. The Balaban J connectivity index is 2.67. The number of rotatable bonds is 4. The maximum absolute atomic E-state index is 11.1. The highest BCUT2D eigenvalue weighted by molar-refractivity contribution is 5.94. The lowest BCUT2D eigenvalue weighted by molar-refractivity contribution is -0.115. The van der Waals surface area contributed by atoms with Crippen molar-refractivity contribution in [2.24, 2.45) is 0 Å². The van der Waals surface area contributed by atoms with Gasteiger partial charge in [-0.3, -0.25) is 9.59 Å². The molecule has 1 aliphatic carbocycles. The van der Waals surface area contributed by atoms with Crippen LogP contribution in [0.1, 0.15) is 39.5 Å². The molecular formula is C12H16O2. The average Bonchev–Trinajstić information content (AvgIpc) is 2.19. The summed E-state index contributed by atoms with van der Waals surface area (Å²) in [7, 11) is 0. The number of carbonyl (C=O) groups excluding carboxylic acids is 2. The third-order valence-electron chi connectivity index (χ3n) is 2.44. The number of allylic oxidation sites excluding steroid dienone is 4. The van der Waals surface area contributed by atoms with Crippen LogP contribution in [0, 0.1) is 0 Å². The van der Waals surface area contributed by atoms with Crippen molar-refractivity contribution in [1.82, 2.24) is 0 Å². The van der Waals surface area contributed by atoms with Crippen LogP contribution in [-0.2, 0) is 9.59 Å². The molecule has 0 atom stereocenters. The topological polar surface area (TPSA) is 34.1 Å². The summed E-state index contributed by atoms with van der Waals surface area (Å²) >= 11 is 0. The molecule has 0 aromatic heterocycles. The first-order chi connectivity index (χ1) is 6.67. The molecule has 14 heavy (non-hydrogen) atoms. The number of ketones is 2. The monoisotopic (exact) mass is 192 g/mol. The van der Waals surface area contributed by atoms with Crippen LogP contribution in [0.4, 0.5) is 0 Å². The van der Waals surface area contributed by atoms with Crippen LogP contribution in [0.3, 0.4) is 0 Å². The molecule has 2 nitrogen and oxygen atoms in total. The van der Waals surface area contributed by atoms with Gasteiger partial charge in [-0.05, 0) is 36.1 Å². The average molecular weight is 192 g/mol. The number of carbonyl (C=O) groups is 2. The number of hydrogen-bond donors (Lipinski definition) is 0. The maximum Gasteiger partial charge on any atom is 0.155 e. The Kier molecular flexibility index (Phi) is 3.81. The minimum absolute atomic E-state index is 0.148. The van der Waals surface area contributed by atoms with Crippen LogP contribution in [0.25, 0.3) is 0 Å². The summed E-state index contributed by atoms with van der Waals surface area (Å²) in [6.07, 6.45) is 6.32. The van der Waals surface area contributed by atoms with Gasteiger partial charge >= 0.3 is 0 Å². The fraction of sp³-hybridized carbons (Fsp3) is 0.500. The quantitative estimate of drug-likeness (QED) is 0.641. The first-order valence-electron chi connectivity index (χ1n) is 5.14. The Morgan fingerprint density at radius 1 is 1.00 bits per heavy atom. The standard InChI is InChI=1S/C12H16O2/c1-3-11(13)7-9-5-6-10(9)8-12(14)4-2/h7-8H,3-6H2,1-2H3. The molecular weight excluding hydrogens is 176 g/mol. The Morgan fingerprint density at radius 3 is 1.57 bits per heavy atom. The molecule has 0 aromatic rings. The molecule has 0 N–H and O–H groups in total. The lowest BCUT2D eigenvalue weighted by Crippen LogP contribution is -2.08. The zero-order chi connectivity index (χ0) is 10.6. The van der Waals surface area contributed by atoms with Gasteiger partial charge in [0.25, 0.3) is 0 Å². The molecule has 0 unspecified atom stereocenters. The molecule has 1 aliphatic rings. The predicted octanol–water partition coefficient (Wildman–Crippen LogP) is 2.59. The lowest BCUT2D eigenvalue weighted by Gasteiger charge is -2.21. The van der Waals surface area contributed by atoms with E-state index in [2.05, 4.69) is 0 Å². The fourth-order valence-electron chi connectivity index (χ4n) is 1.34.